The van der Waals surface area contributed by atoms with Gasteiger partial charge >= 0.3 is 18.2 Å². The molecule has 2 aliphatic heterocycles. The van der Waals surface area contributed by atoms with E-state index >= 15 is 0 Å². The van der Waals surface area contributed by atoms with E-state index in [0.717, 1.165) is 13.1 Å². The van der Waals surface area contributed by atoms with Crippen LogP contribution >= 0.6 is 0 Å². The van der Waals surface area contributed by atoms with Gasteiger partial charge in [-0.15, -0.1) is 0 Å². The second-order valence-electron chi connectivity index (χ2n) is 3.39. The normalized spacial score (nSPS) is 21.3. The molecule has 0 aromatic carbocycles. The van der Waals surface area contributed by atoms with Crippen LogP contribution in [0.1, 0.15) is 0 Å². The SMILES string of the molecule is O=C(O)C(F)(F)F.O=C1NC2(CNC2)CO1. The summed E-state index contributed by atoms with van der Waals surface area (Å²) in [6, 6.07) is 0. The maximum absolute atomic E-state index is 10.6. The third kappa shape index (κ3) is 2.99. The molecule has 2 aliphatic rings. The fourth-order valence-corrected chi connectivity index (χ4v) is 1.11. The Labute approximate surface area is 87.8 Å². The Kier molecular flexibility index (Phi) is 3.27. The van der Waals surface area contributed by atoms with E-state index in [-0.39, 0.29) is 11.6 Å². The van der Waals surface area contributed by atoms with Crippen molar-refractivity contribution in [1.29, 1.82) is 0 Å². The smallest absolute Gasteiger partial charge is 0.475 e. The molecule has 0 aromatic rings. The van der Waals surface area contributed by atoms with Gasteiger partial charge in [-0.3, -0.25) is 0 Å². The maximum atomic E-state index is 10.6. The van der Waals surface area contributed by atoms with E-state index in [2.05, 4.69) is 10.6 Å². The molecule has 16 heavy (non-hydrogen) atoms. The minimum absolute atomic E-state index is 0.0446. The molecule has 3 N–H and O–H groups in total. The lowest BCUT2D eigenvalue weighted by Crippen LogP contribution is -2.67. The summed E-state index contributed by atoms with van der Waals surface area (Å²) < 4.78 is 36.5. The third-order valence-corrected chi connectivity index (χ3v) is 2.02. The molecule has 1 spiro atoms. The average molecular weight is 242 g/mol. The van der Waals surface area contributed by atoms with Crippen LogP contribution in [-0.4, -0.2) is 48.6 Å². The van der Waals surface area contributed by atoms with Gasteiger partial charge in [0.05, 0.1) is 0 Å². The number of hydrogen-bond donors (Lipinski definition) is 3. The molecule has 2 rings (SSSR count). The van der Waals surface area contributed by atoms with E-state index in [1.807, 2.05) is 0 Å². The van der Waals surface area contributed by atoms with Crippen LogP contribution in [0.15, 0.2) is 0 Å². The Morgan fingerprint density at radius 3 is 2.06 bits per heavy atom. The van der Waals surface area contributed by atoms with Gasteiger partial charge in [-0.25, -0.2) is 9.59 Å². The van der Waals surface area contributed by atoms with E-state index in [1.54, 1.807) is 0 Å². The predicted octanol–water partition coefficient (Wildman–Crippen LogP) is -0.299. The summed E-state index contributed by atoms with van der Waals surface area (Å²) in [5.74, 6) is -2.76. The van der Waals surface area contributed by atoms with Crippen molar-refractivity contribution in [1.82, 2.24) is 10.6 Å². The number of alkyl halides is 3. The van der Waals surface area contributed by atoms with Gasteiger partial charge in [0.1, 0.15) is 12.1 Å². The second-order valence-corrected chi connectivity index (χ2v) is 3.39. The first kappa shape index (κ1) is 12.6. The van der Waals surface area contributed by atoms with Crippen molar-refractivity contribution in [2.24, 2.45) is 0 Å². The number of halogens is 3. The van der Waals surface area contributed by atoms with Crippen molar-refractivity contribution in [2.45, 2.75) is 11.7 Å². The molecule has 0 aliphatic carbocycles. The quantitative estimate of drug-likeness (QED) is 0.543. The Hall–Kier alpha value is -1.51. The summed E-state index contributed by atoms with van der Waals surface area (Å²) in [5, 5.41) is 12.9. The van der Waals surface area contributed by atoms with Gasteiger partial charge in [0.2, 0.25) is 0 Å². The number of rotatable bonds is 0. The van der Waals surface area contributed by atoms with Gasteiger partial charge in [-0.1, -0.05) is 0 Å². The molecule has 0 radical (unpaired) electrons. The molecule has 0 unspecified atom stereocenters. The minimum Gasteiger partial charge on any atom is -0.475 e. The molecule has 2 fully saturated rings. The highest BCUT2D eigenvalue weighted by Gasteiger charge is 2.44. The molecule has 0 atom stereocenters. The summed E-state index contributed by atoms with van der Waals surface area (Å²) >= 11 is 0. The largest absolute Gasteiger partial charge is 0.490 e. The monoisotopic (exact) mass is 242 g/mol. The summed E-state index contributed by atoms with van der Waals surface area (Å²) in [4.78, 5) is 19.4. The van der Waals surface area contributed by atoms with Gasteiger partial charge in [0.25, 0.3) is 0 Å². The van der Waals surface area contributed by atoms with E-state index in [1.165, 1.54) is 0 Å². The molecule has 1 amide bonds. The lowest BCUT2D eigenvalue weighted by Gasteiger charge is -2.36. The molecule has 2 saturated heterocycles. The topological polar surface area (TPSA) is 87.7 Å². The number of alkyl carbamates (subject to hydrolysis) is 1. The highest BCUT2D eigenvalue weighted by molar-refractivity contribution is 5.73. The molecule has 0 bridgehead atoms. The number of carbonyl (C=O) groups excluding carboxylic acids is 1. The zero-order chi connectivity index (χ0) is 12.4. The fraction of sp³-hybridized carbons (Fsp3) is 0.714. The number of hydrogen-bond acceptors (Lipinski definition) is 4. The zero-order valence-corrected chi connectivity index (χ0v) is 7.93. The van der Waals surface area contributed by atoms with Crippen molar-refractivity contribution in [2.75, 3.05) is 19.7 Å². The van der Waals surface area contributed by atoms with Crippen molar-refractivity contribution < 1.29 is 32.6 Å². The first-order chi connectivity index (χ1) is 7.25. The van der Waals surface area contributed by atoms with Gasteiger partial charge in [0.15, 0.2) is 0 Å². The highest BCUT2D eigenvalue weighted by Crippen LogP contribution is 2.16. The first-order valence-corrected chi connectivity index (χ1v) is 4.21. The molecule has 0 saturated carbocycles. The lowest BCUT2D eigenvalue weighted by atomic mass is 9.95. The minimum atomic E-state index is -5.08. The summed E-state index contributed by atoms with van der Waals surface area (Å²) in [6.07, 6.45) is -5.36. The molecule has 6 nitrogen and oxygen atoms in total. The van der Waals surface area contributed by atoms with Crippen LogP contribution in [0.2, 0.25) is 0 Å². The third-order valence-electron chi connectivity index (χ3n) is 2.02. The molecule has 0 aromatic heterocycles. The molecular weight excluding hydrogens is 233 g/mol. The van der Waals surface area contributed by atoms with Crippen LogP contribution in [0, 0.1) is 0 Å². The zero-order valence-electron chi connectivity index (χ0n) is 7.93. The number of carboxylic acids is 1. The number of amides is 1. The average Bonchev–Trinajstić information content (AvgIpc) is 2.46. The molecular formula is C7H9F3N2O4. The summed E-state index contributed by atoms with van der Waals surface area (Å²) in [5.41, 5.74) is -0.0446. The van der Waals surface area contributed by atoms with Gasteiger partial charge in [-0.2, -0.15) is 13.2 Å². The van der Waals surface area contributed by atoms with Crippen molar-refractivity contribution >= 4 is 12.1 Å². The Balaban J connectivity index is 0.000000168. The van der Waals surface area contributed by atoms with E-state index in [0.29, 0.717) is 6.61 Å². The van der Waals surface area contributed by atoms with Crippen LogP contribution in [0.4, 0.5) is 18.0 Å². The standard InChI is InChI=1S/C5H8N2O2.C2HF3O2/c8-4-7-5(3-9-4)1-6-2-5;3-2(4,5)1(6)7/h6H,1-3H2,(H,7,8);(H,6,7). The number of carboxylic acid groups (broad SMARTS) is 1. The number of carbonyl (C=O) groups is 2. The predicted molar refractivity (Wildman–Crippen MR) is 43.8 cm³/mol. The van der Waals surface area contributed by atoms with Crippen molar-refractivity contribution in [3.63, 3.8) is 0 Å². The van der Waals surface area contributed by atoms with E-state index < -0.39 is 12.1 Å². The summed E-state index contributed by atoms with van der Waals surface area (Å²) in [6.45, 7) is 2.22. The molecule has 92 valence electrons. The molecule has 9 heteroatoms. The van der Waals surface area contributed by atoms with Crippen LogP contribution in [0.25, 0.3) is 0 Å². The van der Waals surface area contributed by atoms with E-state index in [9.17, 15) is 18.0 Å². The maximum Gasteiger partial charge on any atom is 0.490 e. The lowest BCUT2D eigenvalue weighted by molar-refractivity contribution is -0.192. The van der Waals surface area contributed by atoms with Crippen LogP contribution in [0.5, 0.6) is 0 Å². The van der Waals surface area contributed by atoms with Crippen molar-refractivity contribution in [3.8, 4) is 0 Å². The van der Waals surface area contributed by atoms with Gasteiger partial charge < -0.3 is 20.5 Å². The molecule has 2 heterocycles. The van der Waals surface area contributed by atoms with Crippen LogP contribution < -0.4 is 10.6 Å². The van der Waals surface area contributed by atoms with Gasteiger partial charge in [0, 0.05) is 13.1 Å². The number of ether oxygens (including phenoxy) is 1. The Bertz CT molecular complexity index is 300. The Morgan fingerprint density at radius 2 is 1.94 bits per heavy atom. The van der Waals surface area contributed by atoms with Gasteiger partial charge in [-0.05, 0) is 0 Å². The first-order valence-electron chi connectivity index (χ1n) is 4.21. The highest BCUT2D eigenvalue weighted by atomic mass is 19.4. The van der Waals surface area contributed by atoms with Crippen LogP contribution in [-0.2, 0) is 9.53 Å². The fourth-order valence-electron chi connectivity index (χ4n) is 1.11. The summed E-state index contributed by atoms with van der Waals surface area (Å²) in [7, 11) is 0. The number of nitrogens with one attached hydrogen (secondary N) is 2. The Morgan fingerprint density at radius 1 is 1.44 bits per heavy atom. The van der Waals surface area contributed by atoms with Crippen LogP contribution in [0.3, 0.4) is 0 Å². The number of aliphatic carboxylic acids is 1. The second kappa shape index (κ2) is 4.16. The number of cyclic esters (lactones) is 1. The van der Waals surface area contributed by atoms with Crippen molar-refractivity contribution in [3.05, 3.63) is 0 Å². The van der Waals surface area contributed by atoms with E-state index in [4.69, 9.17) is 14.6 Å².